The molecule has 0 unspecified atom stereocenters. The molecule has 4 nitrogen and oxygen atoms in total. The molecule has 0 aliphatic heterocycles. The second kappa shape index (κ2) is 9.25. The number of rotatable bonds is 8. The molecule has 0 fully saturated rings. The Kier molecular flexibility index (Phi) is 6.26. The van der Waals surface area contributed by atoms with Crippen molar-refractivity contribution in [3.05, 3.63) is 91.5 Å². The lowest BCUT2D eigenvalue weighted by Gasteiger charge is -2.15. The lowest BCUT2D eigenvalue weighted by atomic mass is 10.0. The van der Waals surface area contributed by atoms with Gasteiger partial charge in [0.1, 0.15) is 30.5 Å². The van der Waals surface area contributed by atoms with E-state index >= 15 is 0 Å². The van der Waals surface area contributed by atoms with Crippen molar-refractivity contribution < 1.29 is 19.0 Å². The highest BCUT2D eigenvalue weighted by Gasteiger charge is 2.12. The van der Waals surface area contributed by atoms with Gasteiger partial charge < -0.3 is 14.2 Å². The summed E-state index contributed by atoms with van der Waals surface area (Å²) in [5.74, 6) is 1.72. The first-order valence-corrected chi connectivity index (χ1v) is 8.61. The molecule has 0 aliphatic rings. The monoisotopic (exact) mass is 360 g/mol. The summed E-state index contributed by atoms with van der Waals surface area (Å²) < 4.78 is 16.8. The SMILES string of the molecule is C=CC(=O)OCCOc1ccccc1-c1ccccc1Oc1ccccc1. The maximum atomic E-state index is 11.1. The van der Waals surface area contributed by atoms with Crippen LogP contribution in [0.25, 0.3) is 11.1 Å². The van der Waals surface area contributed by atoms with Gasteiger partial charge in [0.05, 0.1) is 0 Å². The Morgan fingerprint density at radius 1 is 0.778 bits per heavy atom. The van der Waals surface area contributed by atoms with Gasteiger partial charge in [0, 0.05) is 17.2 Å². The van der Waals surface area contributed by atoms with Crippen molar-refractivity contribution >= 4 is 5.97 Å². The van der Waals surface area contributed by atoms with Crippen LogP contribution in [0.15, 0.2) is 91.5 Å². The zero-order valence-corrected chi connectivity index (χ0v) is 14.8. The molecule has 0 spiro atoms. The molecule has 0 atom stereocenters. The molecular weight excluding hydrogens is 340 g/mol. The van der Waals surface area contributed by atoms with Crippen molar-refractivity contribution in [1.82, 2.24) is 0 Å². The summed E-state index contributed by atoms with van der Waals surface area (Å²) in [6.07, 6.45) is 1.13. The molecule has 0 saturated heterocycles. The minimum atomic E-state index is -0.464. The van der Waals surface area contributed by atoms with E-state index in [0.717, 1.165) is 28.7 Å². The molecule has 3 rings (SSSR count). The van der Waals surface area contributed by atoms with Gasteiger partial charge in [0.25, 0.3) is 0 Å². The van der Waals surface area contributed by atoms with Crippen molar-refractivity contribution in [2.45, 2.75) is 0 Å². The normalized spacial score (nSPS) is 10.1. The highest BCUT2D eigenvalue weighted by atomic mass is 16.6. The van der Waals surface area contributed by atoms with Gasteiger partial charge in [0.2, 0.25) is 0 Å². The van der Waals surface area contributed by atoms with Crippen LogP contribution in [-0.2, 0) is 9.53 Å². The first kappa shape index (κ1) is 18.3. The zero-order valence-electron chi connectivity index (χ0n) is 14.8. The zero-order chi connectivity index (χ0) is 18.9. The number of ether oxygens (including phenoxy) is 3. The van der Waals surface area contributed by atoms with E-state index in [9.17, 15) is 4.79 Å². The second-order valence-electron chi connectivity index (χ2n) is 5.63. The van der Waals surface area contributed by atoms with Crippen LogP contribution in [-0.4, -0.2) is 19.2 Å². The Morgan fingerprint density at radius 3 is 2.07 bits per heavy atom. The van der Waals surface area contributed by atoms with E-state index in [1.54, 1.807) is 0 Å². The average molecular weight is 360 g/mol. The lowest BCUT2D eigenvalue weighted by Crippen LogP contribution is -2.10. The fourth-order valence-corrected chi connectivity index (χ4v) is 2.56. The highest BCUT2D eigenvalue weighted by Crippen LogP contribution is 2.38. The average Bonchev–Trinajstić information content (AvgIpc) is 2.72. The molecule has 0 amide bonds. The number of para-hydroxylation sites is 3. The smallest absolute Gasteiger partial charge is 0.330 e. The van der Waals surface area contributed by atoms with E-state index in [2.05, 4.69) is 6.58 Å². The highest BCUT2D eigenvalue weighted by molar-refractivity contribution is 5.81. The quantitative estimate of drug-likeness (QED) is 0.312. The van der Waals surface area contributed by atoms with Crippen molar-refractivity contribution in [3.8, 4) is 28.4 Å². The van der Waals surface area contributed by atoms with Crippen LogP contribution in [0.5, 0.6) is 17.2 Å². The molecule has 3 aromatic rings. The molecule has 0 N–H and O–H groups in total. The predicted molar refractivity (Wildman–Crippen MR) is 105 cm³/mol. The number of carbonyl (C=O) groups excluding carboxylic acids is 1. The van der Waals surface area contributed by atoms with E-state index in [1.165, 1.54) is 0 Å². The molecule has 0 heterocycles. The Morgan fingerprint density at radius 2 is 1.37 bits per heavy atom. The Labute approximate surface area is 158 Å². The molecule has 4 heteroatoms. The first-order valence-electron chi connectivity index (χ1n) is 8.61. The van der Waals surface area contributed by atoms with Crippen molar-refractivity contribution in [2.24, 2.45) is 0 Å². The fraction of sp³-hybridized carbons (Fsp3) is 0.0870. The Bertz CT molecular complexity index is 903. The summed E-state index contributed by atoms with van der Waals surface area (Å²) in [6.45, 7) is 3.77. The molecule has 136 valence electrons. The largest absolute Gasteiger partial charge is 0.489 e. The standard InChI is InChI=1S/C23H20O4/c1-2-23(24)26-17-16-25-21-14-8-6-12-19(21)20-13-7-9-15-22(20)27-18-10-4-3-5-11-18/h2-15H,1,16-17H2. The van der Waals surface area contributed by atoms with Crippen LogP contribution in [0.2, 0.25) is 0 Å². The molecule has 0 bridgehead atoms. The number of hydrogen-bond donors (Lipinski definition) is 0. The fourth-order valence-electron chi connectivity index (χ4n) is 2.56. The van der Waals surface area contributed by atoms with Gasteiger partial charge in [-0.3, -0.25) is 0 Å². The molecule has 0 saturated carbocycles. The summed E-state index contributed by atoms with van der Waals surface area (Å²) >= 11 is 0. The first-order chi connectivity index (χ1) is 13.3. The third-order valence-electron chi connectivity index (χ3n) is 3.79. The van der Waals surface area contributed by atoms with Gasteiger partial charge in [-0.2, -0.15) is 0 Å². The van der Waals surface area contributed by atoms with Crippen molar-refractivity contribution in [1.29, 1.82) is 0 Å². The molecule has 0 radical (unpaired) electrons. The maximum Gasteiger partial charge on any atom is 0.330 e. The van der Waals surface area contributed by atoms with Gasteiger partial charge in [-0.1, -0.05) is 61.2 Å². The third-order valence-corrected chi connectivity index (χ3v) is 3.79. The number of benzene rings is 3. The van der Waals surface area contributed by atoms with Crippen LogP contribution in [0.1, 0.15) is 0 Å². The molecule has 27 heavy (non-hydrogen) atoms. The van der Waals surface area contributed by atoms with Crippen LogP contribution in [0.3, 0.4) is 0 Å². The van der Waals surface area contributed by atoms with Gasteiger partial charge in [-0.15, -0.1) is 0 Å². The topological polar surface area (TPSA) is 44.8 Å². The molecule has 0 aromatic heterocycles. The van der Waals surface area contributed by atoms with E-state index in [4.69, 9.17) is 14.2 Å². The van der Waals surface area contributed by atoms with Crippen LogP contribution < -0.4 is 9.47 Å². The summed E-state index contributed by atoms with van der Waals surface area (Å²) in [7, 11) is 0. The minimum absolute atomic E-state index is 0.154. The van der Waals surface area contributed by atoms with Crippen LogP contribution in [0.4, 0.5) is 0 Å². The molecule has 3 aromatic carbocycles. The number of hydrogen-bond acceptors (Lipinski definition) is 4. The van der Waals surface area contributed by atoms with Gasteiger partial charge >= 0.3 is 5.97 Å². The van der Waals surface area contributed by atoms with Crippen LogP contribution in [0, 0.1) is 0 Å². The number of carbonyl (C=O) groups is 1. The number of esters is 1. The summed E-state index contributed by atoms with van der Waals surface area (Å²) in [5, 5.41) is 0. The molecule has 0 aliphatic carbocycles. The maximum absolute atomic E-state index is 11.1. The van der Waals surface area contributed by atoms with Crippen LogP contribution >= 0.6 is 0 Å². The van der Waals surface area contributed by atoms with E-state index in [-0.39, 0.29) is 13.2 Å². The van der Waals surface area contributed by atoms with Crippen molar-refractivity contribution in [2.75, 3.05) is 13.2 Å². The lowest BCUT2D eigenvalue weighted by molar-refractivity contribution is -0.138. The van der Waals surface area contributed by atoms with E-state index in [0.29, 0.717) is 5.75 Å². The Balaban J connectivity index is 1.80. The summed E-state index contributed by atoms with van der Waals surface area (Å²) in [6, 6.07) is 25.1. The minimum Gasteiger partial charge on any atom is -0.489 e. The Hall–Kier alpha value is -3.53. The van der Waals surface area contributed by atoms with E-state index < -0.39 is 5.97 Å². The second-order valence-corrected chi connectivity index (χ2v) is 5.63. The van der Waals surface area contributed by atoms with Gasteiger partial charge in [0.15, 0.2) is 0 Å². The molecular formula is C23H20O4. The summed E-state index contributed by atoms with van der Waals surface area (Å²) in [5.41, 5.74) is 1.82. The third kappa shape index (κ3) is 4.98. The van der Waals surface area contributed by atoms with Gasteiger partial charge in [-0.05, 0) is 24.3 Å². The van der Waals surface area contributed by atoms with E-state index in [1.807, 2.05) is 78.9 Å². The summed E-state index contributed by atoms with van der Waals surface area (Å²) in [4.78, 5) is 11.1. The van der Waals surface area contributed by atoms with Gasteiger partial charge in [-0.25, -0.2) is 4.79 Å². The predicted octanol–water partition coefficient (Wildman–Crippen LogP) is 5.25. The van der Waals surface area contributed by atoms with Crippen molar-refractivity contribution in [3.63, 3.8) is 0 Å².